The molecule has 9 heteroatoms. The standard InChI is InChI=1S/C20H20N4O3S2/c1-10-11(2)28-19-16(10)18(25)21-17(22-19)12(3)29-20-24-23-15(27-20)9-13-5-7-14(26-4)8-6-13/h5-8,12H,9H2,1-4H3,(H,21,22,25). The third-order valence-corrected chi connectivity index (χ3v) is 6.73. The lowest BCUT2D eigenvalue weighted by Gasteiger charge is -2.07. The molecule has 29 heavy (non-hydrogen) atoms. The summed E-state index contributed by atoms with van der Waals surface area (Å²) in [6.07, 6.45) is 0.542. The monoisotopic (exact) mass is 428 g/mol. The number of aromatic nitrogens is 4. The van der Waals surface area contributed by atoms with E-state index in [1.165, 1.54) is 23.1 Å². The van der Waals surface area contributed by atoms with Crippen molar-refractivity contribution in [2.75, 3.05) is 7.11 Å². The summed E-state index contributed by atoms with van der Waals surface area (Å²) in [6.45, 7) is 5.91. The molecular weight excluding hydrogens is 408 g/mol. The molecule has 1 unspecified atom stereocenters. The molecule has 0 aliphatic carbocycles. The molecule has 1 atom stereocenters. The maximum absolute atomic E-state index is 12.5. The highest BCUT2D eigenvalue weighted by Crippen LogP contribution is 2.34. The van der Waals surface area contributed by atoms with E-state index in [1.807, 2.05) is 45.0 Å². The van der Waals surface area contributed by atoms with Crippen LogP contribution in [-0.4, -0.2) is 27.3 Å². The number of thiophene rings is 1. The molecule has 3 aromatic heterocycles. The molecule has 0 spiro atoms. The van der Waals surface area contributed by atoms with Gasteiger partial charge < -0.3 is 14.1 Å². The van der Waals surface area contributed by atoms with Gasteiger partial charge in [-0.05, 0) is 44.0 Å². The van der Waals surface area contributed by atoms with Crippen molar-refractivity contribution in [3.63, 3.8) is 0 Å². The van der Waals surface area contributed by atoms with Crippen LogP contribution in [0.2, 0.25) is 0 Å². The molecule has 0 fully saturated rings. The zero-order valence-electron chi connectivity index (χ0n) is 16.5. The van der Waals surface area contributed by atoms with Gasteiger partial charge in [-0.15, -0.1) is 21.5 Å². The molecule has 3 heterocycles. The number of H-pyrrole nitrogens is 1. The van der Waals surface area contributed by atoms with Gasteiger partial charge in [-0.1, -0.05) is 23.9 Å². The van der Waals surface area contributed by atoms with Crippen LogP contribution in [0.25, 0.3) is 10.2 Å². The van der Waals surface area contributed by atoms with E-state index in [9.17, 15) is 4.79 Å². The smallest absolute Gasteiger partial charge is 0.277 e. The van der Waals surface area contributed by atoms with E-state index in [1.54, 1.807) is 7.11 Å². The Balaban J connectivity index is 1.49. The Morgan fingerprint density at radius 2 is 2.00 bits per heavy atom. The number of nitrogens with one attached hydrogen (secondary N) is 1. The molecule has 0 aliphatic rings. The van der Waals surface area contributed by atoms with Crippen molar-refractivity contribution in [1.29, 1.82) is 0 Å². The van der Waals surface area contributed by atoms with E-state index < -0.39 is 0 Å². The molecule has 0 amide bonds. The molecule has 0 saturated carbocycles. The number of hydrogen-bond acceptors (Lipinski definition) is 8. The van der Waals surface area contributed by atoms with E-state index in [2.05, 4.69) is 20.2 Å². The van der Waals surface area contributed by atoms with Gasteiger partial charge in [0.2, 0.25) is 5.89 Å². The summed E-state index contributed by atoms with van der Waals surface area (Å²) in [7, 11) is 1.64. The number of nitrogens with zero attached hydrogens (tertiary/aromatic N) is 3. The zero-order valence-corrected chi connectivity index (χ0v) is 18.1. The van der Waals surface area contributed by atoms with Crippen molar-refractivity contribution in [3.8, 4) is 5.75 Å². The van der Waals surface area contributed by atoms with Gasteiger partial charge in [0.1, 0.15) is 16.4 Å². The van der Waals surface area contributed by atoms with Crippen molar-refractivity contribution in [2.45, 2.75) is 37.7 Å². The topological polar surface area (TPSA) is 93.9 Å². The van der Waals surface area contributed by atoms with Crippen LogP contribution in [0, 0.1) is 13.8 Å². The van der Waals surface area contributed by atoms with E-state index in [0.29, 0.717) is 28.7 Å². The van der Waals surface area contributed by atoms with Crippen LogP contribution >= 0.6 is 23.1 Å². The first-order chi connectivity index (χ1) is 13.9. The minimum atomic E-state index is -0.135. The molecule has 0 saturated heterocycles. The fourth-order valence-corrected chi connectivity index (χ4v) is 4.74. The predicted octanol–water partition coefficient (Wildman–Crippen LogP) is 4.44. The molecule has 0 bridgehead atoms. The number of benzene rings is 1. The Bertz CT molecular complexity index is 1210. The number of ether oxygens (including phenoxy) is 1. The summed E-state index contributed by atoms with van der Waals surface area (Å²) in [4.78, 5) is 21.9. The zero-order chi connectivity index (χ0) is 20.5. The highest BCUT2D eigenvalue weighted by atomic mass is 32.2. The van der Waals surface area contributed by atoms with Gasteiger partial charge >= 0.3 is 0 Å². The lowest BCUT2D eigenvalue weighted by atomic mass is 10.1. The minimum absolute atomic E-state index is 0.106. The molecule has 1 N–H and O–H groups in total. The molecule has 1 aromatic carbocycles. The highest BCUT2D eigenvalue weighted by Gasteiger charge is 2.18. The van der Waals surface area contributed by atoms with E-state index in [-0.39, 0.29) is 10.8 Å². The first-order valence-corrected chi connectivity index (χ1v) is 10.8. The Hall–Kier alpha value is -2.65. The third-order valence-electron chi connectivity index (χ3n) is 4.68. The molecule has 0 radical (unpaired) electrons. The van der Waals surface area contributed by atoms with Gasteiger partial charge in [-0.25, -0.2) is 4.98 Å². The maximum Gasteiger partial charge on any atom is 0.277 e. The molecule has 4 aromatic rings. The Morgan fingerprint density at radius 3 is 2.72 bits per heavy atom. The van der Waals surface area contributed by atoms with Crippen molar-refractivity contribution in [1.82, 2.24) is 20.2 Å². The summed E-state index contributed by atoms with van der Waals surface area (Å²) in [6, 6.07) is 7.73. The Morgan fingerprint density at radius 1 is 1.24 bits per heavy atom. The maximum atomic E-state index is 12.5. The lowest BCUT2D eigenvalue weighted by Crippen LogP contribution is -2.12. The van der Waals surface area contributed by atoms with E-state index in [0.717, 1.165) is 26.6 Å². The van der Waals surface area contributed by atoms with Crippen LogP contribution < -0.4 is 10.3 Å². The second-order valence-electron chi connectivity index (χ2n) is 6.66. The number of aryl methyl sites for hydroxylation is 2. The van der Waals surface area contributed by atoms with Crippen LogP contribution in [0.15, 0.2) is 38.7 Å². The predicted molar refractivity (Wildman–Crippen MR) is 114 cm³/mol. The van der Waals surface area contributed by atoms with E-state index in [4.69, 9.17) is 9.15 Å². The number of aromatic amines is 1. The number of thioether (sulfide) groups is 1. The minimum Gasteiger partial charge on any atom is -0.497 e. The summed E-state index contributed by atoms with van der Waals surface area (Å²) in [5.74, 6) is 1.94. The van der Waals surface area contributed by atoms with Crippen molar-refractivity contribution in [3.05, 3.63) is 62.3 Å². The van der Waals surface area contributed by atoms with Crippen LogP contribution in [-0.2, 0) is 6.42 Å². The second kappa shape index (κ2) is 8.00. The van der Waals surface area contributed by atoms with Gasteiger partial charge in [0.25, 0.3) is 10.8 Å². The number of hydrogen-bond donors (Lipinski definition) is 1. The van der Waals surface area contributed by atoms with Gasteiger partial charge in [0.05, 0.1) is 24.2 Å². The third kappa shape index (κ3) is 4.06. The molecular formula is C20H20N4O3S2. The first-order valence-electron chi connectivity index (χ1n) is 9.06. The average molecular weight is 429 g/mol. The highest BCUT2D eigenvalue weighted by molar-refractivity contribution is 7.99. The molecule has 4 rings (SSSR count). The van der Waals surface area contributed by atoms with E-state index >= 15 is 0 Å². The molecule has 7 nitrogen and oxygen atoms in total. The van der Waals surface area contributed by atoms with Crippen molar-refractivity contribution >= 4 is 33.3 Å². The van der Waals surface area contributed by atoms with Crippen LogP contribution in [0.4, 0.5) is 0 Å². The summed E-state index contributed by atoms with van der Waals surface area (Å²) in [5.41, 5.74) is 1.94. The number of rotatable bonds is 6. The largest absolute Gasteiger partial charge is 0.497 e. The van der Waals surface area contributed by atoms with Crippen molar-refractivity contribution in [2.24, 2.45) is 0 Å². The Labute approximate surface area is 175 Å². The quantitative estimate of drug-likeness (QED) is 0.454. The summed E-state index contributed by atoms with van der Waals surface area (Å²) < 4.78 is 10.9. The Kier molecular flexibility index (Phi) is 5.42. The van der Waals surface area contributed by atoms with Gasteiger partial charge in [0, 0.05) is 4.88 Å². The summed E-state index contributed by atoms with van der Waals surface area (Å²) in [5, 5.41) is 9.23. The second-order valence-corrected chi connectivity index (χ2v) is 9.16. The van der Waals surface area contributed by atoms with Crippen LogP contribution in [0.5, 0.6) is 5.75 Å². The first kappa shape index (κ1) is 19.7. The van der Waals surface area contributed by atoms with Crippen LogP contribution in [0.1, 0.15) is 39.9 Å². The number of methoxy groups -OCH3 is 1. The molecule has 150 valence electrons. The van der Waals surface area contributed by atoms with Gasteiger partial charge in [-0.2, -0.15) is 0 Å². The van der Waals surface area contributed by atoms with Gasteiger partial charge in [0.15, 0.2) is 0 Å². The SMILES string of the molecule is COc1ccc(Cc2nnc(SC(C)c3nc4sc(C)c(C)c4c(=O)[nH]3)o2)cc1. The molecule has 0 aliphatic heterocycles. The van der Waals surface area contributed by atoms with Gasteiger partial charge in [-0.3, -0.25) is 4.79 Å². The average Bonchev–Trinajstić information content (AvgIpc) is 3.26. The normalized spacial score (nSPS) is 12.4. The fraction of sp³-hybridized carbons (Fsp3) is 0.300. The van der Waals surface area contributed by atoms with Crippen LogP contribution in [0.3, 0.4) is 0 Å². The fourth-order valence-electron chi connectivity index (χ4n) is 2.95. The number of fused-ring (bicyclic) bond motifs is 1. The lowest BCUT2D eigenvalue weighted by molar-refractivity contribution is 0.413. The summed E-state index contributed by atoms with van der Waals surface area (Å²) >= 11 is 2.91. The van der Waals surface area contributed by atoms with Crippen molar-refractivity contribution < 1.29 is 9.15 Å².